The smallest absolute Gasteiger partial charge is 0.338 e. The first-order chi connectivity index (χ1) is 18.0. The highest BCUT2D eigenvalue weighted by molar-refractivity contribution is 5.91. The fourth-order valence-electron chi connectivity index (χ4n) is 2.83. The molecule has 0 saturated heterocycles. The van der Waals surface area contributed by atoms with Gasteiger partial charge in [-0.3, -0.25) is 0 Å². The molecule has 9 heteroatoms. The molecular weight excluding hydrogens is 492 g/mol. The standard InChI is InChI=1S/C29H32O9/c1-18(2)26(30)35-14-13-34-25-17-22(29(33)37-16-15-36-27(31)19(3)4)9-12-24(25)21-7-10-23(11-8-21)38-28(32)20(5)6/h7-12,17,27,31H,1,3,5,13-16H2,2,4,6H3. The van der Waals surface area contributed by atoms with Crippen LogP contribution in [0.15, 0.2) is 78.9 Å². The van der Waals surface area contributed by atoms with Gasteiger partial charge in [-0.15, -0.1) is 0 Å². The minimum Gasteiger partial charge on any atom is -0.489 e. The fourth-order valence-corrected chi connectivity index (χ4v) is 2.83. The van der Waals surface area contributed by atoms with Crippen molar-refractivity contribution >= 4 is 17.9 Å². The molecule has 0 amide bonds. The number of benzene rings is 2. The van der Waals surface area contributed by atoms with Crippen LogP contribution in [0.25, 0.3) is 11.1 Å². The quantitative estimate of drug-likeness (QED) is 0.0958. The zero-order valence-electron chi connectivity index (χ0n) is 21.8. The molecule has 0 aromatic heterocycles. The Morgan fingerprint density at radius 1 is 0.816 bits per heavy atom. The Labute approximate surface area is 221 Å². The van der Waals surface area contributed by atoms with Crippen LogP contribution in [0.1, 0.15) is 31.1 Å². The molecule has 202 valence electrons. The summed E-state index contributed by atoms with van der Waals surface area (Å²) in [7, 11) is 0. The molecule has 0 heterocycles. The number of carbonyl (C=O) groups excluding carboxylic acids is 3. The molecule has 2 rings (SSSR count). The molecule has 0 radical (unpaired) electrons. The minimum absolute atomic E-state index is 0.0163. The number of aliphatic hydroxyl groups is 1. The summed E-state index contributed by atoms with van der Waals surface area (Å²) >= 11 is 0. The second-order valence-corrected chi connectivity index (χ2v) is 8.38. The van der Waals surface area contributed by atoms with Crippen LogP contribution in [0.5, 0.6) is 11.5 Å². The highest BCUT2D eigenvalue weighted by Crippen LogP contribution is 2.32. The summed E-state index contributed by atoms with van der Waals surface area (Å²) in [6, 6.07) is 11.5. The molecule has 1 atom stereocenters. The maximum Gasteiger partial charge on any atom is 0.338 e. The van der Waals surface area contributed by atoms with Crippen LogP contribution in [0.3, 0.4) is 0 Å². The van der Waals surface area contributed by atoms with Crippen molar-refractivity contribution in [1.29, 1.82) is 0 Å². The van der Waals surface area contributed by atoms with Gasteiger partial charge in [-0.05, 0) is 62.2 Å². The van der Waals surface area contributed by atoms with E-state index in [0.29, 0.717) is 22.6 Å². The Hall–Kier alpha value is -4.21. The molecule has 2 aromatic rings. The number of hydrogen-bond donors (Lipinski definition) is 1. The summed E-state index contributed by atoms with van der Waals surface area (Å²) in [6.07, 6.45) is -1.14. The largest absolute Gasteiger partial charge is 0.489 e. The highest BCUT2D eigenvalue weighted by atomic mass is 16.6. The summed E-state index contributed by atoms with van der Waals surface area (Å²) in [5, 5.41) is 9.59. The molecule has 1 N–H and O–H groups in total. The molecule has 0 fully saturated rings. The zero-order chi connectivity index (χ0) is 28.2. The highest BCUT2D eigenvalue weighted by Gasteiger charge is 2.15. The second kappa shape index (κ2) is 14.5. The number of rotatable bonds is 14. The van der Waals surface area contributed by atoms with Crippen LogP contribution in [0, 0.1) is 0 Å². The molecule has 0 aliphatic rings. The van der Waals surface area contributed by atoms with Crippen LogP contribution >= 0.6 is 0 Å². The summed E-state index contributed by atoms with van der Waals surface area (Å²) in [4.78, 5) is 36.0. The van der Waals surface area contributed by atoms with Crippen molar-refractivity contribution in [2.45, 2.75) is 27.1 Å². The number of aliphatic hydroxyl groups excluding tert-OH is 1. The number of carbonyl (C=O) groups is 3. The first-order valence-corrected chi connectivity index (χ1v) is 11.7. The normalized spacial score (nSPS) is 11.2. The molecule has 0 spiro atoms. The molecule has 2 aromatic carbocycles. The third kappa shape index (κ3) is 9.34. The van der Waals surface area contributed by atoms with Crippen molar-refractivity contribution in [3.8, 4) is 22.6 Å². The van der Waals surface area contributed by atoms with Gasteiger partial charge in [-0.2, -0.15) is 0 Å². The van der Waals surface area contributed by atoms with Gasteiger partial charge in [-0.25, -0.2) is 14.4 Å². The van der Waals surface area contributed by atoms with E-state index in [1.54, 1.807) is 50.2 Å². The zero-order valence-corrected chi connectivity index (χ0v) is 21.8. The number of ether oxygens (including phenoxy) is 5. The van der Waals surface area contributed by atoms with Crippen LogP contribution in [-0.2, 0) is 23.8 Å². The van der Waals surface area contributed by atoms with E-state index < -0.39 is 24.2 Å². The van der Waals surface area contributed by atoms with Gasteiger partial charge in [0.25, 0.3) is 0 Å². The maximum absolute atomic E-state index is 12.6. The predicted molar refractivity (Wildman–Crippen MR) is 141 cm³/mol. The lowest BCUT2D eigenvalue weighted by Gasteiger charge is -2.15. The average Bonchev–Trinajstić information content (AvgIpc) is 2.88. The second-order valence-electron chi connectivity index (χ2n) is 8.38. The first-order valence-electron chi connectivity index (χ1n) is 11.7. The topological polar surface area (TPSA) is 118 Å². The lowest BCUT2D eigenvalue weighted by Crippen LogP contribution is -2.18. The summed E-state index contributed by atoms with van der Waals surface area (Å²) in [6.45, 7) is 15.3. The van der Waals surface area contributed by atoms with Crippen molar-refractivity contribution in [2.75, 3.05) is 26.4 Å². The monoisotopic (exact) mass is 524 g/mol. The molecule has 1 unspecified atom stereocenters. The van der Waals surface area contributed by atoms with Gasteiger partial charge in [-0.1, -0.05) is 31.9 Å². The molecule has 9 nitrogen and oxygen atoms in total. The van der Waals surface area contributed by atoms with Crippen molar-refractivity contribution < 1.29 is 43.2 Å². The molecule has 0 bridgehead atoms. The van der Waals surface area contributed by atoms with E-state index in [9.17, 15) is 19.5 Å². The Kier molecular flexibility index (Phi) is 11.5. The Balaban J connectivity index is 2.18. The molecule has 0 saturated carbocycles. The first kappa shape index (κ1) is 30.0. The maximum atomic E-state index is 12.6. The summed E-state index contributed by atoms with van der Waals surface area (Å²) < 4.78 is 26.5. The summed E-state index contributed by atoms with van der Waals surface area (Å²) in [5.74, 6) is -1.01. The van der Waals surface area contributed by atoms with Crippen LogP contribution in [0.2, 0.25) is 0 Å². The van der Waals surface area contributed by atoms with Crippen LogP contribution in [0.4, 0.5) is 0 Å². The minimum atomic E-state index is -1.14. The van der Waals surface area contributed by atoms with E-state index in [1.165, 1.54) is 13.0 Å². The van der Waals surface area contributed by atoms with Gasteiger partial charge in [0.15, 0.2) is 6.29 Å². The third-order valence-corrected chi connectivity index (χ3v) is 4.88. The average molecular weight is 525 g/mol. The lowest BCUT2D eigenvalue weighted by molar-refractivity contribution is -0.139. The van der Waals surface area contributed by atoms with Crippen LogP contribution < -0.4 is 9.47 Å². The van der Waals surface area contributed by atoms with E-state index in [4.69, 9.17) is 23.7 Å². The van der Waals surface area contributed by atoms with Gasteiger partial charge >= 0.3 is 17.9 Å². The number of hydrogen-bond acceptors (Lipinski definition) is 9. The Morgan fingerprint density at radius 2 is 1.45 bits per heavy atom. The van der Waals surface area contributed by atoms with Crippen molar-refractivity contribution in [1.82, 2.24) is 0 Å². The van der Waals surface area contributed by atoms with E-state index in [-0.39, 0.29) is 43.1 Å². The van der Waals surface area contributed by atoms with Crippen molar-refractivity contribution in [3.05, 3.63) is 84.5 Å². The van der Waals surface area contributed by atoms with Crippen LogP contribution in [-0.4, -0.2) is 55.7 Å². The van der Waals surface area contributed by atoms with E-state index in [2.05, 4.69) is 19.7 Å². The predicted octanol–water partition coefficient (Wildman–Crippen LogP) is 4.40. The SMILES string of the molecule is C=C(C)C(=O)OCCOc1cc(C(=O)OCCOC(O)C(=C)C)ccc1-c1ccc(OC(=O)C(=C)C)cc1. The Bertz CT molecular complexity index is 1200. The lowest BCUT2D eigenvalue weighted by atomic mass is 10.0. The van der Waals surface area contributed by atoms with E-state index in [1.807, 2.05) is 0 Å². The fraction of sp³-hybridized carbons (Fsp3) is 0.276. The molecular formula is C29H32O9. The van der Waals surface area contributed by atoms with Gasteiger partial charge in [0.05, 0.1) is 12.2 Å². The molecule has 0 aliphatic heterocycles. The summed E-state index contributed by atoms with van der Waals surface area (Å²) in [5.41, 5.74) is 2.55. The molecule has 0 aliphatic carbocycles. The Morgan fingerprint density at radius 3 is 2.05 bits per heavy atom. The molecule has 38 heavy (non-hydrogen) atoms. The van der Waals surface area contributed by atoms with Crippen molar-refractivity contribution in [2.24, 2.45) is 0 Å². The van der Waals surface area contributed by atoms with Gasteiger partial charge in [0.2, 0.25) is 0 Å². The third-order valence-electron chi connectivity index (χ3n) is 4.88. The van der Waals surface area contributed by atoms with Gasteiger partial charge in [0.1, 0.15) is 31.3 Å². The van der Waals surface area contributed by atoms with E-state index in [0.717, 1.165) is 5.56 Å². The van der Waals surface area contributed by atoms with Gasteiger partial charge in [0, 0.05) is 16.7 Å². The van der Waals surface area contributed by atoms with E-state index >= 15 is 0 Å². The van der Waals surface area contributed by atoms with Crippen molar-refractivity contribution in [3.63, 3.8) is 0 Å². The number of esters is 3. The van der Waals surface area contributed by atoms with Gasteiger partial charge < -0.3 is 28.8 Å².